The Morgan fingerprint density at radius 1 is 0.895 bits per heavy atom. The zero-order chi connectivity index (χ0) is 31.0. The number of nitrogens with one attached hydrogen (secondary N) is 1. The molecule has 0 atom stereocenters. The Morgan fingerprint density at radius 2 is 1.32 bits per heavy atom. The van der Waals surface area contributed by atoms with Crippen molar-refractivity contribution in [3.63, 3.8) is 0 Å². The number of sulfonamides is 1. The second-order valence-electron chi connectivity index (χ2n) is 12.0. The first kappa shape index (κ1) is 42.9. The van der Waals surface area contributed by atoms with E-state index in [1.165, 1.54) is 25.5 Å². The van der Waals surface area contributed by atoms with Crippen molar-refractivity contribution in [2.75, 3.05) is 77.2 Å². The van der Waals surface area contributed by atoms with E-state index in [1.807, 2.05) is 44.7 Å². The van der Waals surface area contributed by atoms with Gasteiger partial charge in [0.2, 0.25) is 10.0 Å². The maximum Gasteiger partial charge on any atom is 0.211 e. The van der Waals surface area contributed by atoms with Crippen LogP contribution in [0.2, 0.25) is 0 Å². The lowest BCUT2D eigenvalue weighted by Gasteiger charge is -2.51. The van der Waals surface area contributed by atoms with E-state index in [9.17, 15) is 16.8 Å². The van der Waals surface area contributed by atoms with E-state index in [4.69, 9.17) is 4.74 Å². The zero-order valence-electron chi connectivity index (χ0n) is 26.9. The van der Waals surface area contributed by atoms with Gasteiger partial charge in [0.1, 0.15) is 9.84 Å². The number of nitrogens with zero attached hydrogens (tertiary/aromatic N) is 3. The van der Waals surface area contributed by atoms with Gasteiger partial charge in [-0.3, -0.25) is 10.3 Å². The molecule has 3 aliphatic rings. The molecule has 0 aromatic rings. The molecule has 0 unspecified atom stereocenters. The monoisotopic (exact) mass is 700 g/mol. The van der Waals surface area contributed by atoms with Crippen molar-refractivity contribution in [2.24, 2.45) is 5.41 Å². The van der Waals surface area contributed by atoms with E-state index >= 15 is 0 Å². The molecule has 38 heavy (non-hydrogen) atoms. The van der Waals surface area contributed by atoms with Gasteiger partial charge in [0.05, 0.1) is 19.5 Å². The average Bonchev–Trinajstić information content (AvgIpc) is 2.72. The fraction of sp³-hybridized carbons (Fsp3) is 1.00. The molecular weight excluding hydrogens is 639 g/mol. The van der Waals surface area contributed by atoms with Crippen molar-refractivity contribution < 1.29 is 21.6 Å². The number of hydrogen-bond acceptors (Lipinski definition) is 8. The third kappa shape index (κ3) is 21.2. The van der Waals surface area contributed by atoms with Gasteiger partial charge in [0.15, 0.2) is 0 Å². The lowest BCUT2D eigenvalue weighted by molar-refractivity contribution is -0.0941. The fourth-order valence-corrected chi connectivity index (χ4v) is 5.24. The number of halogens is 1. The summed E-state index contributed by atoms with van der Waals surface area (Å²) in [6.45, 7) is 21.6. The summed E-state index contributed by atoms with van der Waals surface area (Å²) >= 11 is 2.15. The number of morpholine rings is 1. The maximum absolute atomic E-state index is 11.5. The second kappa shape index (κ2) is 19.5. The quantitative estimate of drug-likeness (QED) is 0.340. The number of likely N-dealkylation sites (N-methyl/N-ethyl adjacent to an activating group) is 1. The minimum Gasteiger partial charge on any atom is -0.378 e. The largest absolute Gasteiger partial charge is 0.378 e. The Bertz CT molecular complexity index is 798. The number of hydrogen-bond donors (Lipinski definition) is 1. The van der Waals surface area contributed by atoms with Crippen LogP contribution in [0.4, 0.5) is 0 Å². The van der Waals surface area contributed by atoms with Crippen LogP contribution in [0.1, 0.15) is 74.7 Å². The highest BCUT2D eigenvalue weighted by Crippen LogP contribution is 2.38. The van der Waals surface area contributed by atoms with Crippen LogP contribution in [-0.4, -0.2) is 119 Å². The molecule has 3 rings (SSSR count). The molecule has 1 saturated carbocycles. The predicted molar refractivity (Wildman–Crippen MR) is 173 cm³/mol. The number of hydrazine groups is 1. The lowest BCUT2D eigenvalue weighted by Crippen LogP contribution is -2.62. The predicted octanol–water partition coefficient (Wildman–Crippen LogP) is 4.14. The molecule has 234 valence electrons. The van der Waals surface area contributed by atoms with Crippen LogP contribution in [-0.2, 0) is 24.6 Å². The van der Waals surface area contributed by atoms with Crippen LogP contribution in [0.15, 0.2) is 0 Å². The molecule has 1 spiro atoms. The van der Waals surface area contributed by atoms with Gasteiger partial charge >= 0.3 is 0 Å². The number of ether oxygens (including phenoxy) is 1. The molecule has 2 saturated heterocycles. The highest BCUT2D eigenvalue weighted by atomic mass is 127. The standard InChI is InChI=1S/C8H19N3O2S.C8H15NO.C5H12.C2H6O2S.C2H6.CH3I/c1-8(2)7-10(9-3)5-6-11(8)14(4,12)13;1-9-5-6-10-7-8(9)3-2-4-8;2*1-5(2,3)4;2*1-2/h9H,5-7H2,1-4H3;2-7H2,1H3;1-4H3;1-2H3;1-2H3;1H3. The van der Waals surface area contributed by atoms with Gasteiger partial charge in [-0.1, -0.05) is 64.1 Å². The molecule has 1 N–H and O–H groups in total. The van der Waals surface area contributed by atoms with E-state index in [0.717, 1.165) is 38.8 Å². The first-order valence-corrected chi connectivity index (χ1v) is 19.6. The first-order chi connectivity index (χ1) is 17.1. The first-order valence-electron chi connectivity index (χ1n) is 13.3. The van der Waals surface area contributed by atoms with Crippen LogP contribution in [0.25, 0.3) is 0 Å². The summed E-state index contributed by atoms with van der Waals surface area (Å²) in [5, 5.41) is 2.03. The Balaban J connectivity index is -0.000000446. The number of sulfone groups is 1. The highest BCUT2D eigenvalue weighted by Gasteiger charge is 2.42. The summed E-state index contributed by atoms with van der Waals surface area (Å²) in [5.41, 5.74) is 3.68. The Morgan fingerprint density at radius 3 is 1.55 bits per heavy atom. The van der Waals surface area contributed by atoms with E-state index in [0.29, 0.717) is 24.0 Å². The van der Waals surface area contributed by atoms with Crippen molar-refractivity contribution in [3.8, 4) is 0 Å². The van der Waals surface area contributed by atoms with E-state index in [2.05, 4.69) is 67.7 Å². The fourth-order valence-electron chi connectivity index (χ4n) is 3.87. The summed E-state index contributed by atoms with van der Waals surface area (Å²) in [4.78, 5) is 4.44. The van der Waals surface area contributed by atoms with E-state index in [-0.39, 0.29) is 5.54 Å². The van der Waals surface area contributed by atoms with Crippen LogP contribution in [0, 0.1) is 5.41 Å². The molecule has 0 amide bonds. The Hall–Kier alpha value is 0.430. The van der Waals surface area contributed by atoms with Crippen LogP contribution >= 0.6 is 22.6 Å². The summed E-state index contributed by atoms with van der Waals surface area (Å²) in [6.07, 6.45) is 7.69. The van der Waals surface area contributed by atoms with Crippen molar-refractivity contribution in [1.82, 2.24) is 19.6 Å². The summed E-state index contributed by atoms with van der Waals surface area (Å²) in [7, 11) is -1.68. The molecular formula is C26H61IN4O5S2. The van der Waals surface area contributed by atoms with Crippen molar-refractivity contribution in [2.45, 2.75) is 85.7 Å². The van der Waals surface area contributed by atoms with Gasteiger partial charge in [0, 0.05) is 49.8 Å². The number of rotatable bonds is 2. The van der Waals surface area contributed by atoms with Crippen LogP contribution < -0.4 is 5.43 Å². The van der Waals surface area contributed by atoms with Gasteiger partial charge in [-0.25, -0.2) is 21.8 Å². The second-order valence-corrected chi connectivity index (χ2v) is 16.2. The Labute approximate surface area is 250 Å². The number of piperazine rings is 1. The highest BCUT2D eigenvalue weighted by molar-refractivity contribution is 14.1. The topological polar surface area (TPSA) is 99.3 Å². The van der Waals surface area contributed by atoms with Gasteiger partial charge < -0.3 is 4.74 Å². The van der Waals surface area contributed by atoms with Crippen molar-refractivity contribution in [3.05, 3.63) is 0 Å². The van der Waals surface area contributed by atoms with E-state index < -0.39 is 19.9 Å². The molecule has 9 nitrogen and oxygen atoms in total. The molecule has 0 bridgehead atoms. The van der Waals surface area contributed by atoms with Crippen molar-refractivity contribution in [1.29, 1.82) is 0 Å². The summed E-state index contributed by atoms with van der Waals surface area (Å²) in [6, 6.07) is 0. The van der Waals surface area contributed by atoms with Crippen LogP contribution in [0.3, 0.4) is 0 Å². The molecule has 0 aromatic carbocycles. The number of alkyl halides is 1. The minimum atomic E-state index is -3.09. The summed E-state index contributed by atoms with van der Waals surface area (Å²) < 4.78 is 49.3. The van der Waals surface area contributed by atoms with Crippen LogP contribution in [0.5, 0.6) is 0 Å². The Kier molecular flexibility index (Phi) is 22.0. The molecule has 12 heteroatoms. The third-order valence-corrected chi connectivity index (χ3v) is 7.06. The van der Waals surface area contributed by atoms with Gasteiger partial charge in [-0.05, 0) is 57.6 Å². The molecule has 0 radical (unpaired) electrons. The molecule has 3 fully saturated rings. The molecule has 2 heterocycles. The smallest absolute Gasteiger partial charge is 0.211 e. The van der Waals surface area contributed by atoms with Crippen molar-refractivity contribution >= 4 is 42.5 Å². The third-order valence-electron chi connectivity index (χ3n) is 5.58. The zero-order valence-corrected chi connectivity index (χ0v) is 30.7. The van der Waals surface area contributed by atoms with Gasteiger partial charge in [-0.15, -0.1) is 0 Å². The molecule has 0 aromatic heterocycles. The lowest BCUT2D eigenvalue weighted by atomic mass is 9.75. The maximum atomic E-state index is 11.5. The minimum absolute atomic E-state index is 0.338. The SMILES string of the molecule is CC.CC(C)(C)C.CI.CN1CCOCC12CCC2.CNN1CCN(S(C)(=O)=O)C(C)(C)C1.CS(C)(=O)=O. The normalized spacial score (nSPS) is 21.1. The van der Waals surface area contributed by atoms with Gasteiger partial charge in [0.25, 0.3) is 0 Å². The molecule has 1 aliphatic carbocycles. The van der Waals surface area contributed by atoms with Gasteiger partial charge in [-0.2, -0.15) is 4.31 Å². The summed E-state index contributed by atoms with van der Waals surface area (Å²) in [5.74, 6) is 0. The molecule has 2 aliphatic heterocycles. The van der Waals surface area contributed by atoms with E-state index in [1.54, 1.807) is 4.31 Å². The average molecular weight is 701 g/mol.